The lowest BCUT2D eigenvalue weighted by Gasteiger charge is -2.37. The molecule has 2 aliphatic heterocycles. The normalized spacial score (nSPS) is 18.8. The molecule has 0 N–H and O–H groups in total. The van der Waals surface area contributed by atoms with Gasteiger partial charge in [0.05, 0.1) is 0 Å². The molecule has 1 atom stereocenters. The number of aryl methyl sites for hydroxylation is 1. The van der Waals surface area contributed by atoms with Gasteiger partial charge in [-0.05, 0) is 55.7 Å². The maximum atomic E-state index is 13.5. The Bertz CT molecular complexity index is 886. The number of ether oxygens (including phenoxy) is 1. The Balaban J connectivity index is 1.64. The van der Waals surface area contributed by atoms with E-state index < -0.39 is 0 Å². The van der Waals surface area contributed by atoms with Crippen molar-refractivity contribution in [2.24, 2.45) is 0 Å². The number of carbonyl (C=O) groups excluding carboxylic acids is 2. The number of amides is 2. The zero-order valence-electron chi connectivity index (χ0n) is 14.3. The lowest BCUT2D eigenvalue weighted by atomic mass is 9.96. The topological polar surface area (TPSA) is 62.7 Å². The van der Waals surface area contributed by atoms with Crippen molar-refractivity contribution >= 4 is 23.3 Å². The number of rotatable bonds is 2. The fourth-order valence-electron chi connectivity index (χ4n) is 3.51. The summed E-state index contributed by atoms with van der Waals surface area (Å²) in [6, 6.07) is 7.86. The molecule has 2 aromatic rings. The Morgan fingerprint density at radius 2 is 2.23 bits per heavy atom. The van der Waals surface area contributed by atoms with Crippen LogP contribution in [0.5, 0.6) is 5.75 Å². The third-order valence-corrected chi connectivity index (χ3v) is 4.79. The molecule has 134 valence electrons. The van der Waals surface area contributed by atoms with Crippen LogP contribution in [0.15, 0.2) is 36.5 Å². The lowest BCUT2D eigenvalue weighted by molar-refractivity contribution is -0.124. The largest absolute Gasteiger partial charge is 0.480 e. The Labute approximate surface area is 150 Å². The van der Waals surface area contributed by atoms with Gasteiger partial charge >= 0.3 is 0 Å². The van der Waals surface area contributed by atoms with Crippen LogP contribution >= 0.6 is 0 Å². The van der Waals surface area contributed by atoms with E-state index >= 15 is 0 Å². The van der Waals surface area contributed by atoms with Gasteiger partial charge in [0, 0.05) is 17.9 Å². The summed E-state index contributed by atoms with van der Waals surface area (Å²) < 4.78 is 18.9. The van der Waals surface area contributed by atoms with Crippen LogP contribution in [0.25, 0.3) is 0 Å². The molecule has 4 rings (SSSR count). The number of benzene rings is 1. The second-order valence-corrected chi connectivity index (χ2v) is 6.52. The maximum absolute atomic E-state index is 13.5. The molecule has 1 unspecified atom stereocenters. The van der Waals surface area contributed by atoms with Crippen molar-refractivity contribution < 1.29 is 18.7 Å². The van der Waals surface area contributed by atoms with Crippen molar-refractivity contribution in [3.05, 3.63) is 47.9 Å². The van der Waals surface area contributed by atoms with Gasteiger partial charge in [-0.2, -0.15) is 0 Å². The van der Waals surface area contributed by atoms with E-state index in [1.54, 1.807) is 29.3 Å². The molecule has 0 saturated heterocycles. The number of nitrogens with zero attached hydrogens (tertiary/aromatic N) is 3. The van der Waals surface area contributed by atoms with Crippen LogP contribution < -0.4 is 14.5 Å². The Morgan fingerprint density at radius 1 is 1.38 bits per heavy atom. The Morgan fingerprint density at radius 3 is 3.08 bits per heavy atom. The molecule has 0 fully saturated rings. The number of anilines is 2. The SMILES string of the molecule is CC1CCc2cc(F)ccc2N1C(=O)CN1C(=O)COc2cccnc21. The van der Waals surface area contributed by atoms with E-state index in [9.17, 15) is 14.0 Å². The first-order chi connectivity index (χ1) is 12.5. The molecule has 2 amide bonds. The molecule has 26 heavy (non-hydrogen) atoms. The van der Waals surface area contributed by atoms with Gasteiger partial charge in [0.1, 0.15) is 12.4 Å². The lowest BCUT2D eigenvalue weighted by Crippen LogP contribution is -2.50. The quantitative estimate of drug-likeness (QED) is 0.829. The van der Waals surface area contributed by atoms with Crippen molar-refractivity contribution in [2.45, 2.75) is 25.8 Å². The van der Waals surface area contributed by atoms with Crippen LogP contribution in [0.1, 0.15) is 18.9 Å². The second-order valence-electron chi connectivity index (χ2n) is 6.52. The number of pyridine rings is 1. The average molecular weight is 355 g/mol. The van der Waals surface area contributed by atoms with Gasteiger partial charge in [-0.15, -0.1) is 0 Å². The van der Waals surface area contributed by atoms with Gasteiger partial charge in [0.2, 0.25) is 5.91 Å². The first kappa shape index (κ1) is 16.5. The van der Waals surface area contributed by atoms with Crippen LogP contribution in [0.3, 0.4) is 0 Å². The minimum absolute atomic E-state index is 0.0280. The van der Waals surface area contributed by atoms with E-state index in [4.69, 9.17) is 4.74 Å². The molecular formula is C19H18FN3O3. The van der Waals surface area contributed by atoms with Gasteiger partial charge < -0.3 is 9.64 Å². The van der Waals surface area contributed by atoms with E-state index in [1.807, 2.05) is 6.92 Å². The number of halogens is 1. The standard InChI is InChI=1S/C19H18FN3O3/c1-12-4-5-13-9-14(20)6-7-15(13)23(12)17(24)10-22-18(25)11-26-16-3-2-8-21-19(16)22/h2-3,6-9,12H,4-5,10-11H2,1H3. The monoisotopic (exact) mass is 355 g/mol. The molecule has 7 heteroatoms. The predicted molar refractivity (Wildman–Crippen MR) is 93.8 cm³/mol. The Hall–Kier alpha value is -2.96. The van der Waals surface area contributed by atoms with Crippen LogP contribution in [0.2, 0.25) is 0 Å². The van der Waals surface area contributed by atoms with Crippen molar-refractivity contribution in [1.82, 2.24) is 4.98 Å². The highest BCUT2D eigenvalue weighted by molar-refractivity contribution is 6.05. The van der Waals surface area contributed by atoms with Gasteiger partial charge in [-0.3, -0.25) is 14.5 Å². The highest BCUT2D eigenvalue weighted by Gasteiger charge is 2.33. The third-order valence-electron chi connectivity index (χ3n) is 4.79. The van der Waals surface area contributed by atoms with Crippen LogP contribution in [0.4, 0.5) is 15.9 Å². The average Bonchev–Trinajstić information content (AvgIpc) is 2.64. The molecule has 1 aromatic carbocycles. The first-order valence-electron chi connectivity index (χ1n) is 8.53. The summed E-state index contributed by atoms with van der Waals surface area (Å²) in [5.41, 5.74) is 1.51. The zero-order valence-corrected chi connectivity index (χ0v) is 14.3. The zero-order chi connectivity index (χ0) is 18.3. The van der Waals surface area contributed by atoms with Crippen LogP contribution in [-0.4, -0.2) is 36.0 Å². The van der Waals surface area contributed by atoms with E-state index in [0.717, 1.165) is 18.4 Å². The van der Waals surface area contributed by atoms with Crippen molar-refractivity contribution in [3.8, 4) is 5.75 Å². The molecular weight excluding hydrogens is 337 g/mol. The molecule has 6 nitrogen and oxygen atoms in total. The number of aromatic nitrogens is 1. The van der Waals surface area contributed by atoms with Crippen molar-refractivity contribution in [3.63, 3.8) is 0 Å². The maximum Gasteiger partial charge on any atom is 0.266 e. The summed E-state index contributed by atoms with van der Waals surface area (Å²) in [5.74, 6) is -0.0206. The first-order valence-corrected chi connectivity index (χ1v) is 8.53. The highest BCUT2D eigenvalue weighted by atomic mass is 19.1. The summed E-state index contributed by atoms with van der Waals surface area (Å²) in [7, 11) is 0. The molecule has 0 bridgehead atoms. The van der Waals surface area contributed by atoms with Gasteiger partial charge in [0.15, 0.2) is 18.2 Å². The fraction of sp³-hybridized carbons (Fsp3) is 0.316. The highest BCUT2D eigenvalue weighted by Crippen LogP contribution is 2.33. The number of hydrogen-bond acceptors (Lipinski definition) is 4. The molecule has 0 radical (unpaired) electrons. The number of carbonyl (C=O) groups is 2. The second kappa shape index (κ2) is 6.40. The molecule has 0 spiro atoms. The minimum atomic E-state index is -0.313. The molecule has 2 aliphatic rings. The van der Waals surface area contributed by atoms with E-state index in [1.165, 1.54) is 17.0 Å². The van der Waals surface area contributed by atoms with Crippen LogP contribution in [-0.2, 0) is 16.0 Å². The number of fused-ring (bicyclic) bond motifs is 2. The summed E-state index contributed by atoms with van der Waals surface area (Å²) in [6.45, 7) is 1.70. The summed E-state index contributed by atoms with van der Waals surface area (Å²) in [5, 5.41) is 0. The molecule has 0 saturated carbocycles. The molecule has 3 heterocycles. The van der Waals surface area contributed by atoms with E-state index in [2.05, 4.69) is 4.98 Å². The number of hydrogen-bond donors (Lipinski definition) is 0. The molecule has 0 aliphatic carbocycles. The van der Waals surface area contributed by atoms with Gasteiger partial charge in [0.25, 0.3) is 5.91 Å². The smallest absolute Gasteiger partial charge is 0.266 e. The van der Waals surface area contributed by atoms with E-state index in [0.29, 0.717) is 17.3 Å². The van der Waals surface area contributed by atoms with E-state index in [-0.39, 0.29) is 36.8 Å². The minimum Gasteiger partial charge on any atom is -0.480 e. The molecule has 1 aromatic heterocycles. The van der Waals surface area contributed by atoms with Crippen LogP contribution in [0, 0.1) is 5.82 Å². The summed E-state index contributed by atoms with van der Waals surface area (Å²) >= 11 is 0. The van der Waals surface area contributed by atoms with Crippen molar-refractivity contribution in [1.29, 1.82) is 0 Å². The fourth-order valence-corrected chi connectivity index (χ4v) is 3.51. The summed E-state index contributed by atoms with van der Waals surface area (Å²) in [6.07, 6.45) is 3.02. The van der Waals surface area contributed by atoms with Gasteiger partial charge in [-0.1, -0.05) is 0 Å². The predicted octanol–water partition coefficient (Wildman–Crippen LogP) is 2.31. The summed E-state index contributed by atoms with van der Waals surface area (Å²) in [4.78, 5) is 32.5. The Kier molecular flexibility index (Phi) is 4.06. The van der Waals surface area contributed by atoms with Crippen molar-refractivity contribution in [2.75, 3.05) is 23.0 Å². The van der Waals surface area contributed by atoms with Gasteiger partial charge in [-0.25, -0.2) is 9.37 Å². The third kappa shape index (κ3) is 2.79.